The lowest BCUT2D eigenvalue weighted by Gasteiger charge is -2.26. The molecule has 2 aliphatic carbocycles. The van der Waals surface area contributed by atoms with Crippen molar-refractivity contribution in [2.75, 3.05) is 6.54 Å². The van der Waals surface area contributed by atoms with Crippen LogP contribution in [-0.2, 0) is 11.1 Å². The first kappa shape index (κ1) is 9.63. The Hall–Kier alpha value is -1.38. The fourth-order valence-corrected chi connectivity index (χ4v) is 2.90. The minimum Gasteiger partial charge on any atom is -0.351 e. The number of fused-ring (bicyclic) bond motifs is 2. The van der Waals surface area contributed by atoms with E-state index in [0.29, 0.717) is 12.8 Å². The van der Waals surface area contributed by atoms with Crippen LogP contribution in [-0.4, -0.2) is 12.5 Å². The molecule has 1 spiro atoms. The Morgan fingerprint density at radius 3 is 2.59 bits per heavy atom. The molecule has 0 unspecified atom stereocenters. The molecule has 3 aliphatic rings. The Balaban J connectivity index is 1.88. The zero-order valence-corrected chi connectivity index (χ0v) is 9.55. The van der Waals surface area contributed by atoms with Crippen molar-refractivity contribution in [1.82, 2.24) is 5.32 Å². The molecule has 0 aromatic heterocycles. The molecule has 2 fully saturated rings. The summed E-state index contributed by atoms with van der Waals surface area (Å²) in [7, 11) is 0. The molecule has 1 aromatic rings. The van der Waals surface area contributed by atoms with Crippen LogP contribution in [0.15, 0.2) is 18.2 Å². The Labute approximate surface area is 99.2 Å². The summed E-state index contributed by atoms with van der Waals surface area (Å²) in [4.78, 5) is 11.8. The Morgan fingerprint density at radius 2 is 1.94 bits per heavy atom. The van der Waals surface area contributed by atoms with Crippen LogP contribution in [0.4, 0.5) is 4.39 Å². The molecule has 3 heteroatoms. The monoisotopic (exact) mass is 231 g/mol. The molecule has 0 atom stereocenters. The van der Waals surface area contributed by atoms with E-state index in [0.717, 1.165) is 36.1 Å². The molecule has 2 saturated carbocycles. The van der Waals surface area contributed by atoms with Crippen molar-refractivity contribution in [3.05, 3.63) is 34.9 Å². The van der Waals surface area contributed by atoms with Crippen LogP contribution in [0.1, 0.15) is 47.2 Å². The van der Waals surface area contributed by atoms with Crippen LogP contribution in [0.5, 0.6) is 0 Å². The van der Waals surface area contributed by atoms with Crippen molar-refractivity contribution in [3.8, 4) is 0 Å². The van der Waals surface area contributed by atoms with Gasteiger partial charge in [-0.3, -0.25) is 4.79 Å². The highest BCUT2D eigenvalue weighted by atomic mass is 19.1. The summed E-state index contributed by atoms with van der Waals surface area (Å²) in [6, 6.07) is 5.54. The van der Waals surface area contributed by atoms with Crippen molar-refractivity contribution >= 4 is 5.91 Å². The van der Waals surface area contributed by atoms with Gasteiger partial charge in [-0.15, -0.1) is 0 Å². The lowest BCUT2D eigenvalue weighted by Crippen LogP contribution is -2.39. The average Bonchev–Trinajstić information content (AvgIpc) is 3.23. The van der Waals surface area contributed by atoms with Gasteiger partial charge in [-0.1, -0.05) is 12.1 Å². The summed E-state index contributed by atoms with van der Waals surface area (Å²) in [5.41, 5.74) is 1.64. The van der Waals surface area contributed by atoms with Crippen molar-refractivity contribution in [3.63, 3.8) is 0 Å². The van der Waals surface area contributed by atoms with Crippen LogP contribution in [0, 0.1) is 0 Å². The van der Waals surface area contributed by atoms with Gasteiger partial charge < -0.3 is 5.32 Å². The van der Waals surface area contributed by atoms with Gasteiger partial charge in [0.2, 0.25) is 0 Å². The number of hydrogen-bond donors (Lipinski definition) is 1. The van der Waals surface area contributed by atoms with E-state index in [-0.39, 0.29) is 11.3 Å². The molecule has 1 aromatic carbocycles. The van der Waals surface area contributed by atoms with Gasteiger partial charge in [0.25, 0.3) is 5.91 Å². The predicted molar refractivity (Wildman–Crippen MR) is 61.7 cm³/mol. The van der Waals surface area contributed by atoms with Crippen LogP contribution < -0.4 is 5.32 Å². The van der Waals surface area contributed by atoms with Crippen LogP contribution >= 0.6 is 0 Å². The lowest BCUT2D eigenvalue weighted by atomic mass is 9.85. The van der Waals surface area contributed by atoms with E-state index >= 15 is 0 Å². The molecule has 1 heterocycles. The molecule has 88 valence electrons. The van der Waals surface area contributed by atoms with Crippen molar-refractivity contribution in [2.45, 2.75) is 36.8 Å². The molecule has 17 heavy (non-hydrogen) atoms. The second-order valence-corrected chi connectivity index (χ2v) is 5.69. The van der Waals surface area contributed by atoms with Gasteiger partial charge in [0, 0.05) is 17.5 Å². The number of alkyl halides is 1. The minimum absolute atomic E-state index is 0.00669. The number of rotatable bonds is 1. The first-order chi connectivity index (χ1) is 8.13. The summed E-state index contributed by atoms with van der Waals surface area (Å²) >= 11 is 0. The van der Waals surface area contributed by atoms with E-state index in [1.165, 1.54) is 0 Å². The quantitative estimate of drug-likeness (QED) is 0.790. The molecule has 0 saturated heterocycles. The van der Waals surface area contributed by atoms with Gasteiger partial charge in [0.05, 0.1) is 0 Å². The highest BCUT2D eigenvalue weighted by Gasteiger charge is 2.51. The van der Waals surface area contributed by atoms with E-state index in [1.54, 1.807) is 12.1 Å². The van der Waals surface area contributed by atoms with Gasteiger partial charge in [-0.05, 0) is 42.9 Å². The molecule has 4 rings (SSSR count). The molecule has 1 N–H and O–H groups in total. The van der Waals surface area contributed by atoms with Gasteiger partial charge in [-0.25, -0.2) is 4.39 Å². The van der Waals surface area contributed by atoms with E-state index in [4.69, 9.17) is 0 Å². The topological polar surface area (TPSA) is 29.1 Å². The van der Waals surface area contributed by atoms with E-state index in [2.05, 4.69) is 5.32 Å². The number of hydrogen-bond acceptors (Lipinski definition) is 1. The average molecular weight is 231 g/mol. The molecule has 1 amide bonds. The summed E-state index contributed by atoms with van der Waals surface area (Å²) < 4.78 is 14.1. The van der Waals surface area contributed by atoms with Gasteiger partial charge in [0.15, 0.2) is 0 Å². The molecular weight excluding hydrogens is 217 g/mol. The summed E-state index contributed by atoms with van der Waals surface area (Å²) in [5.74, 6) is -0.00669. The van der Waals surface area contributed by atoms with Crippen LogP contribution in [0.2, 0.25) is 0 Å². The summed E-state index contributed by atoms with van der Waals surface area (Å²) in [6.07, 6.45) is 3.49. The van der Waals surface area contributed by atoms with Crippen molar-refractivity contribution in [1.29, 1.82) is 0 Å². The van der Waals surface area contributed by atoms with Gasteiger partial charge >= 0.3 is 0 Å². The van der Waals surface area contributed by atoms with E-state index in [1.807, 2.05) is 6.07 Å². The second kappa shape index (κ2) is 2.71. The third kappa shape index (κ3) is 1.22. The molecule has 0 bridgehead atoms. The third-order valence-electron chi connectivity index (χ3n) is 4.48. The maximum atomic E-state index is 14.1. The number of halogens is 1. The Bertz CT molecular complexity index is 529. The lowest BCUT2D eigenvalue weighted by molar-refractivity contribution is 0.0937. The van der Waals surface area contributed by atoms with Gasteiger partial charge in [0.1, 0.15) is 5.67 Å². The van der Waals surface area contributed by atoms with Crippen LogP contribution in [0.25, 0.3) is 0 Å². The standard InChI is InChI=1S/C14H14FNO/c15-14(5-6-14)9-1-2-10-11(7-9)13(3-4-13)8-16-12(10)17/h1-2,7H,3-6,8H2,(H,16,17). The first-order valence-electron chi connectivity index (χ1n) is 6.25. The normalized spacial score (nSPS) is 26.3. The smallest absolute Gasteiger partial charge is 0.251 e. The third-order valence-corrected chi connectivity index (χ3v) is 4.48. The molecule has 0 radical (unpaired) electrons. The van der Waals surface area contributed by atoms with Crippen LogP contribution in [0.3, 0.4) is 0 Å². The zero-order valence-electron chi connectivity index (χ0n) is 9.55. The van der Waals surface area contributed by atoms with Crippen molar-refractivity contribution < 1.29 is 9.18 Å². The predicted octanol–water partition coefficient (Wildman–Crippen LogP) is 2.42. The number of carbonyl (C=O) groups excluding carboxylic acids is 1. The van der Waals surface area contributed by atoms with E-state index < -0.39 is 5.67 Å². The number of amides is 1. The summed E-state index contributed by atoms with van der Waals surface area (Å²) in [6.45, 7) is 0.724. The largest absolute Gasteiger partial charge is 0.351 e. The molecule has 1 aliphatic heterocycles. The Kier molecular flexibility index (Phi) is 1.54. The number of benzene rings is 1. The SMILES string of the molecule is O=C1NCC2(CC2)c2cc(C3(F)CC3)ccc21. The fourth-order valence-electron chi connectivity index (χ4n) is 2.90. The van der Waals surface area contributed by atoms with Gasteiger partial charge in [-0.2, -0.15) is 0 Å². The highest BCUT2D eigenvalue weighted by Crippen LogP contribution is 2.54. The molecular formula is C14H14FNO. The van der Waals surface area contributed by atoms with E-state index in [9.17, 15) is 9.18 Å². The fraction of sp³-hybridized carbons (Fsp3) is 0.500. The first-order valence-corrected chi connectivity index (χ1v) is 6.25. The number of nitrogens with one attached hydrogen (secondary N) is 1. The zero-order chi connectivity index (χ0) is 11.7. The second-order valence-electron chi connectivity index (χ2n) is 5.69. The molecule has 2 nitrogen and oxygen atoms in total. The number of carbonyl (C=O) groups is 1. The Morgan fingerprint density at radius 1 is 1.18 bits per heavy atom. The summed E-state index contributed by atoms with van der Waals surface area (Å²) in [5, 5.41) is 2.93. The maximum absolute atomic E-state index is 14.1. The maximum Gasteiger partial charge on any atom is 0.251 e. The minimum atomic E-state index is -1.10. The van der Waals surface area contributed by atoms with Crippen molar-refractivity contribution in [2.24, 2.45) is 0 Å². The highest BCUT2D eigenvalue weighted by molar-refractivity contribution is 5.97.